The Hall–Kier alpha value is -3.21. The molecule has 0 spiro atoms. The molecule has 2 fully saturated rings. The molecule has 2 saturated heterocycles. The molecule has 3 atom stereocenters. The van der Waals surface area contributed by atoms with E-state index in [0.717, 1.165) is 23.4 Å². The van der Waals surface area contributed by atoms with Gasteiger partial charge in [-0.15, -0.1) is 0 Å². The van der Waals surface area contributed by atoms with E-state index in [0.29, 0.717) is 51.3 Å². The number of carbonyl (C=O) groups excluding carboxylic acids is 1. The molecule has 2 aromatic heterocycles. The van der Waals surface area contributed by atoms with Crippen LogP contribution >= 0.6 is 0 Å². The van der Waals surface area contributed by atoms with Crippen LogP contribution < -0.4 is 5.32 Å². The molecule has 0 saturated carbocycles. The predicted molar refractivity (Wildman–Crippen MR) is 143 cm³/mol. The lowest BCUT2D eigenvalue weighted by Gasteiger charge is -2.41. The minimum Gasteiger partial charge on any atom is -0.465 e. The van der Waals surface area contributed by atoms with Crippen LogP contribution in [0.25, 0.3) is 11.2 Å². The Kier molecular flexibility index (Phi) is 8.31. The fraction of sp³-hybridized carbons (Fsp3) is 0.654. The van der Waals surface area contributed by atoms with Crippen molar-refractivity contribution in [2.24, 2.45) is 5.92 Å². The lowest BCUT2D eigenvalue weighted by Crippen LogP contribution is -2.52. The van der Waals surface area contributed by atoms with Crippen LogP contribution in [-0.2, 0) is 11.2 Å². The van der Waals surface area contributed by atoms with Crippen LogP contribution in [0.15, 0.2) is 18.5 Å². The van der Waals surface area contributed by atoms with Gasteiger partial charge in [0.1, 0.15) is 11.3 Å². The largest absolute Gasteiger partial charge is 0.465 e. The summed E-state index contributed by atoms with van der Waals surface area (Å²) in [4.78, 5) is 44.2. The van der Waals surface area contributed by atoms with Crippen molar-refractivity contribution in [2.75, 3.05) is 45.6 Å². The molecule has 2 aromatic rings. The Balaban J connectivity index is 1.50. The standard InChI is InChI=1S/C26H40N8O3/c1-6-21-29-24(23-25(30-21)34(16-27-23)17(2)3)28-19-10-13-33(26(36)37)20(14-19)18-9-12-32(15-18)22(35)8-7-11-31(4)5/h7-8,16-20H,6,9-15H2,1-5H3,(H,36,37)(H,28,29,30)/b8-7+. The number of nitrogens with zero attached hydrogens (tertiary/aromatic N) is 7. The summed E-state index contributed by atoms with van der Waals surface area (Å²) in [5, 5.41) is 13.5. The second-order valence-electron chi connectivity index (χ2n) is 10.7. The number of aryl methyl sites for hydroxylation is 1. The average Bonchev–Trinajstić information content (AvgIpc) is 3.51. The first-order valence-electron chi connectivity index (χ1n) is 13.3. The fourth-order valence-electron chi connectivity index (χ4n) is 5.38. The van der Waals surface area contributed by atoms with Crippen LogP contribution in [-0.4, -0.2) is 104 Å². The summed E-state index contributed by atoms with van der Waals surface area (Å²) < 4.78 is 2.05. The van der Waals surface area contributed by atoms with E-state index in [4.69, 9.17) is 9.97 Å². The molecule has 0 aliphatic carbocycles. The van der Waals surface area contributed by atoms with Gasteiger partial charge in [-0.3, -0.25) is 4.79 Å². The van der Waals surface area contributed by atoms with Crippen molar-refractivity contribution in [3.63, 3.8) is 0 Å². The zero-order valence-corrected chi connectivity index (χ0v) is 22.6. The normalized spacial score (nSPS) is 22.6. The number of hydrogen-bond acceptors (Lipinski definition) is 7. The van der Waals surface area contributed by atoms with Crippen LogP contribution in [0.3, 0.4) is 0 Å². The summed E-state index contributed by atoms with van der Waals surface area (Å²) >= 11 is 0. The first kappa shape index (κ1) is 26.8. The van der Waals surface area contributed by atoms with Gasteiger partial charge in [-0.05, 0) is 53.1 Å². The number of hydrogen-bond donors (Lipinski definition) is 2. The number of carbonyl (C=O) groups is 2. The summed E-state index contributed by atoms with van der Waals surface area (Å²) in [7, 11) is 3.92. The molecule has 4 heterocycles. The average molecular weight is 513 g/mol. The van der Waals surface area contributed by atoms with Gasteiger partial charge in [-0.1, -0.05) is 13.0 Å². The van der Waals surface area contributed by atoms with Crippen molar-refractivity contribution in [2.45, 2.75) is 64.6 Å². The van der Waals surface area contributed by atoms with Crippen molar-refractivity contribution in [3.05, 3.63) is 24.3 Å². The molecule has 202 valence electrons. The third kappa shape index (κ3) is 6.03. The Bertz CT molecular complexity index is 1140. The summed E-state index contributed by atoms with van der Waals surface area (Å²) in [6, 6.07) is 0.118. The van der Waals surface area contributed by atoms with E-state index in [9.17, 15) is 14.7 Å². The summed E-state index contributed by atoms with van der Waals surface area (Å²) in [6.45, 7) is 8.60. The second-order valence-corrected chi connectivity index (χ2v) is 10.7. The molecule has 2 aliphatic heterocycles. The Labute approximate surface area is 218 Å². The number of anilines is 1. The highest BCUT2D eigenvalue weighted by molar-refractivity contribution is 5.87. The van der Waals surface area contributed by atoms with Crippen molar-refractivity contribution >= 4 is 29.0 Å². The van der Waals surface area contributed by atoms with Crippen LogP contribution in [0.1, 0.15) is 51.9 Å². The molecule has 3 unspecified atom stereocenters. The monoisotopic (exact) mass is 512 g/mol. The van der Waals surface area contributed by atoms with Crippen molar-refractivity contribution < 1.29 is 14.7 Å². The lowest BCUT2D eigenvalue weighted by molar-refractivity contribution is -0.125. The predicted octanol–water partition coefficient (Wildman–Crippen LogP) is 2.86. The molecule has 0 bridgehead atoms. The summed E-state index contributed by atoms with van der Waals surface area (Å²) in [6.07, 6.45) is 7.26. The van der Waals surface area contributed by atoms with Gasteiger partial charge < -0.3 is 29.7 Å². The SMILES string of the molecule is CCc1nc(NC2CCN(C(=O)O)C(C3CCN(C(=O)/C=C/CN(C)C)C3)C2)c2ncn(C(C)C)c2n1. The van der Waals surface area contributed by atoms with Gasteiger partial charge in [0.2, 0.25) is 5.91 Å². The van der Waals surface area contributed by atoms with Gasteiger partial charge in [0.25, 0.3) is 0 Å². The molecular weight excluding hydrogens is 472 g/mol. The fourth-order valence-corrected chi connectivity index (χ4v) is 5.38. The number of amides is 2. The van der Waals surface area contributed by atoms with E-state index in [2.05, 4.69) is 24.1 Å². The van der Waals surface area contributed by atoms with Crippen molar-refractivity contribution in [1.29, 1.82) is 0 Å². The molecule has 0 aromatic carbocycles. The van der Waals surface area contributed by atoms with E-state index in [1.54, 1.807) is 11.0 Å². The Morgan fingerprint density at radius 2 is 2.03 bits per heavy atom. The lowest BCUT2D eigenvalue weighted by atomic mass is 9.87. The number of carboxylic acid groups (broad SMARTS) is 1. The second kappa shape index (κ2) is 11.5. The minimum atomic E-state index is -0.896. The number of likely N-dealkylation sites (N-methyl/N-ethyl adjacent to an activating group) is 1. The number of nitrogens with one attached hydrogen (secondary N) is 1. The van der Waals surface area contributed by atoms with Gasteiger partial charge in [0.15, 0.2) is 11.5 Å². The van der Waals surface area contributed by atoms with Gasteiger partial charge >= 0.3 is 6.09 Å². The maximum absolute atomic E-state index is 12.7. The summed E-state index contributed by atoms with van der Waals surface area (Å²) in [5.41, 5.74) is 1.56. The zero-order chi connectivity index (χ0) is 26.7. The zero-order valence-electron chi connectivity index (χ0n) is 22.6. The number of rotatable bonds is 8. The van der Waals surface area contributed by atoms with Crippen LogP contribution in [0, 0.1) is 5.92 Å². The van der Waals surface area contributed by atoms with Gasteiger partial charge in [0, 0.05) is 56.8 Å². The highest BCUT2D eigenvalue weighted by atomic mass is 16.4. The molecular formula is C26H40N8O3. The number of imidazole rings is 1. The highest BCUT2D eigenvalue weighted by Crippen LogP contribution is 2.32. The maximum atomic E-state index is 12.7. The minimum absolute atomic E-state index is 0.00655. The van der Waals surface area contributed by atoms with Crippen LogP contribution in [0.4, 0.5) is 10.6 Å². The third-order valence-corrected chi connectivity index (χ3v) is 7.38. The van der Waals surface area contributed by atoms with E-state index >= 15 is 0 Å². The molecule has 2 aliphatic rings. The molecule has 2 N–H and O–H groups in total. The number of piperidine rings is 1. The maximum Gasteiger partial charge on any atom is 0.407 e. The molecule has 11 heteroatoms. The highest BCUT2D eigenvalue weighted by Gasteiger charge is 2.40. The Morgan fingerprint density at radius 1 is 1.24 bits per heavy atom. The smallest absolute Gasteiger partial charge is 0.407 e. The van der Waals surface area contributed by atoms with E-state index in [-0.39, 0.29) is 30.0 Å². The summed E-state index contributed by atoms with van der Waals surface area (Å²) in [5.74, 6) is 1.56. The third-order valence-electron chi connectivity index (χ3n) is 7.38. The Morgan fingerprint density at radius 3 is 2.70 bits per heavy atom. The molecule has 11 nitrogen and oxygen atoms in total. The quantitative estimate of drug-likeness (QED) is 0.518. The van der Waals surface area contributed by atoms with Gasteiger partial charge in [0.05, 0.1) is 6.33 Å². The van der Waals surface area contributed by atoms with Crippen molar-refractivity contribution in [3.8, 4) is 0 Å². The van der Waals surface area contributed by atoms with E-state index in [1.165, 1.54) is 0 Å². The topological polar surface area (TPSA) is 120 Å². The first-order valence-corrected chi connectivity index (χ1v) is 13.3. The van der Waals surface area contributed by atoms with Crippen LogP contribution in [0.5, 0.6) is 0 Å². The molecule has 37 heavy (non-hydrogen) atoms. The number of aromatic nitrogens is 4. The number of likely N-dealkylation sites (tertiary alicyclic amines) is 2. The molecule has 2 amide bonds. The molecule has 4 rings (SSSR count). The van der Waals surface area contributed by atoms with Gasteiger partial charge in [-0.25, -0.2) is 19.7 Å². The number of fused-ring (bicyclic) bond motifs is 1. The van der Waals surface area contributed by atoms with E-state index in [1.807, 2.05) is 47.8 Å². The first-order chi connectivity index (χ1) is 17.7. The van der Waals surface area contributed by atoms with Crippen LogP contribution in [0.2, 0.25) is 0 Å². The van der Waals surface area contributed by atoms with E-state index < -0.39 is 6.09 Å². The van der Waals surface area contributed by atoms with Gasteiger partial charge in [-0.2, -0.15) is 0 Å². The van der Waals surface area contributed by atoms with Crippen molar-refractivity contribution in [1.82, 2.24) is 34.2 Å². The molecule has 0 radical (unpaired) electrons.